The van der Waals surface area contributed by atoms with Crippen LogP contribution in [0.4, 0.5) is 0 Å². The lowest BCUT2D eigenvalue weighted by Gasteiger charge is -2.36. The molecule has 1 nitrogen and oxygen atoms in total. The third kappa shape index (κ3) is 6.61. The molecule has 0 radical (unpaired) electrons. The van der Waals surface area contributed by atoms with E-state index in [1.54, 1.807) is 0 Å². The highest BCUT2D eigenvalue weighted by Gasteiger charge is 2.40. The normalized spacial score (nSPS) is 13.0. The highest BCUT2D eigenvalue weighted by Crippen LogP contribution is 2.44. The zero-order valence-corrected chi connectivity index (χ0v) is 13.0. The number of hydrogen-bond acceptors (Lipinski definition) is 0. The van der Waals surface area contributed by atoms with Crippen molar-refractivity contribution >= 4 is 14.1 Å². The van der Waals surface area contributed by atoms with E-state index in [0.29, 0.717) is 8.55 Å². The van der Waals surface area contributed by atoms with Gasteiger partial charge in [0.15, 0.2) is 0 Å². The van der Waals surface area contributed by atoms with Gasteiger partial charge < -0.3 is 4.74 Å². The largest absolute Gasteiger partial charge is 0.434 e. The molecule has 1 N–H and O–H groups in total. The van der Waals surface area contributed by atoms with E-state index in [4.69, 9.17) is 0 Å². The predicted octanol–water partition coefficient (Wildman–Crippen LogP) is 4.02. The van der Waals surface area contributed by atoms with Crippen LogP contribution < -0.4 is 0 Å². The Morgan fingerprint density at radius 1 is 0.933 bits per heavy atom. The van der Waals surface area contributed by atoms with Crippen molar-refractivity contribution in [1.82, 2.24) is 0 Å². The summed E-state index contributed by atoms with van der Waals surface area (Å²) in [6, 6.07) is 0. The molecule has 0 aromatic rings. The number of hydrogen-bond donors (Lipinski definition) is 0. The third-order valence-electron chi connectivity index (χ3n) is 3.12. The molecule has 0 aromatic carbocycles. The predicted molar refractivity (Wildman–Crippen MR) is 72.2 cm³/mol. The van der Waals surface area contributed by atoms with E-state index >= 15 is 0 Å². The van der Waals surface area contributed by atoms with E-state index in [2.05, 4.69) is 53.2 Å². The summed E-state index contributed by atoms with van der Waals surface area (Å²) in [5.74, 6) is 0. The molecule has 0 aliphatic carbocycles. The van der Waals surface area contributed by atoms with Crippen LogP contribution in [0.5, 0.6) is 0 Å². The van der Waals surface area contributed by atoms with Crippen molar-refractivity contribution in [2.75, 3.05) is 13.2 Å². The first-order valence-corrected chi connectivity index (χ1v) is 8.30. The standard InChI is InChI=1S/C5H11O.2C4H9.Al/c1-3-5-6-4-2;2*1-4(2)3;/h1,3-5H2,2H3;2*1-3H3;/p+1. The first-order chi connectivity index (χ1) is 6.69. The minimum Gasteiger partial charge on any atom is -0.434 e. The molecule has 0 unspecified atom stereocenters. The fraction of sp³-hybridized carbons (Fsp3) is 1.00. The Bertz CT molecular complexity index is 150. The minimum atomic E-state index is -0.713. The summed E-state index contributed by atoms with van der Waals surface area (Å²) in [6.45, 7) is 18.7. The van der Waals surface area contributed by atoms with Crippen LogP contribution in [-0.4, -0.2) is 32.1 Å². The summed E-state index contributed by atoms with van der Waals surface area (Å²) in [6.07, 6.45) is 1.30. The molecule has 0 spiro atoms. The van der Waals surface area contributed by atoms with Gasteiger partial charge in [0.25, 0.3) is 14.1 Å². The number of aliphatic hydroxyl groups is 2. The molecule has 0 fully saturated rings. The van der Waals surface area contributed by atoms with Crippen LogP contribution in [0.1, 0.15) is 54.9 Å². The summed E-state index contributed by atoms with van der Waals surface area (Å²) < 4.78 is 5.52. The molecule has 0 amide bonds. The van der Waals surface area contributed by atoms with Crippen LogP contribution in [-0.2, 0) is 0 Å². The fourth-order valence-corrected chi connectivity index (χ4v) is 7.65. The zero-order chi connectivity index (χ0) is 12.1. The molecular weight excluding hydrogens is 199 g/mol. The van der Waals surface area contributed by atoms with E-state index < -0.39 is 14.1 Å². The maximum atomic E-state index is 4.43. The molecular formula is C13H30AlO+. The molecule has 90 valence electrons. The molecule has 2 heteroatoms. The summed E-state index contributed by atoms with van der Waals surface area (Å²) in [7, 11) is 0. The molecule has 0 aromatic heterocycles. The van der Waals surface area contributed by atoms with E-state index in [9.17, 15) is 0 Å². The van der Waals surface area contributed by atoms with Crippen LogP contribution in [0.15, 0.2) is 0 Å². The van der Waals surface area contributed by atoms with E-state index in [1.165, 1.54) is 11.7 Å². The Morgan fingerprint density at radius 2 is 1.40 bits per heavy atom. The highest BCUT2D eigenvalue weighted by atomic mass is 27.2. The third-order valence-corrected chi connectivity index (χ3v) is 8.29. The topological polar surface area (TPSA) is 12.8 Å². The van der Waals surface area contributed by atoms with Gasteiger partial charge in [-0.05, 0) is 0 Å². The smallest absolute Gasteiger partial charge is 0.274 e. The van der Waals surface area contributed by atoms with Gasteiger partial charge in [-0.25, -0.2) is 0 Å². The summed E-state index contributed by atoms with van der Waals surface area (Å²) in [4.78, 5) is 0. The van der Waals surface area contributed by atoms with E-state index in [1.807, 2.05) is 0 Å². The Balaban J connectivity index is 4.17. The Kier molecular flexibility index (Phi) is 6.49. The van der Waals surface area contributed by atoms with E-state index in [0.717, 1.165) is 13.2 Å². The van der Waals surface area contributed by atoms with Gasteiger partial charge in [0, 0.05) is 13.3 Å². The van der Waals surface area contributed by atoms with Crippen molar-refractivity contribution in [3.63, 3.8) is 0 Å². The molecule has 0 bridgehead atoms. The molecule has 0 rings (SSSR count). The van der Waals surface area contributed by atoms with Crippen LogP contribution in [0.25, 0.3) is 0 Å². The lowest BCUT2D eigenvalue weighted by atomic mass is 10.2. The minimum absolute atomic E-state index is 0.546. The quantitative estimate of drug-likeness (QED) is 0.384. The van der Waals surface area contributed by atoms with Crippen LogP contribution in [0, 0.1) is 0 Å². The maximum absolute atomic E-state index is 4.43. The van der Waals surface area contributed by atoms with Crippen LogP contribution in [0.2, 0.25) is 13.8 Å². The Morgan fingerprint density at radius 3 is 1.73 bits per heavy atom. The second-order valence-electron chi connectivity index (χ2n) is 6.69. The van der Waals surface area contributed by atoms with Gasteiger partial charge in [0.05, 0.1) is 0 Å². The number of rotatable bonds is 5. The lowest BCUT2D eigenvalue weighted by Crippen LogP contribution is -2.35. The molecule has 0 atom stereocenters. The second-order valence-corrected chi connectivity index (χ2v) is 11.8. The van der Waals surface area contributed by atoms with Crippen LogP contribution in [0.3, 0.4) is 0 Å². The van der Waals surface area contributed by atoms with Crippen molar-refractivity contribution in [1.29, 1.82) is 0 Å². The molecule has 0 saturated carbocycles. The van der Waals surface area contributed by atoms with Crippen molar-refractivity contribution < 1.29 is 4.74 Å². The molecule has 0 aliphatic rings. The van der Waals surface area contributed by atoms with Gasteiger partial charge >= 0.3 is 0 Å². The molecule has 15 heavy (non-hydrogen) atoms. The summed E-state index contributed by atoms with van der Waals surface area (Å²) >= 11 is -0.713. The first kappa shape index (κ1) is 15.5. The second kappa shape index (κ2) is 6.28. The number of ether oxygens (including phenoxy) is 1. The molecule has 0 saturated heterocycles. The molecule has 0 aliphatic heterocycles. The van der Waals surface area contributed by atoms with E-state index in [-0.39, 0.29) is 0 Å². The maximum Gasteiger partial charge on any atom is 0.274 e. The van der Waals surface area contributed by atoms with Gasteiger partial charge in [-0.2, -0.15) is 0 Å². The van der Waals surface area contributed by atoms with Crippen molar-refractivity contribution in [3.8, 4) is 0 Å². The van der Waals surface area contributed by atoms with Crippen molar-refractivity contribution in [2.24, 2.45) is 0 Å². The monoisotopic (exact) mass is 229 g/mol. The van der Waals surface area contributed by atoms with Crippen molar-refractivity contribution in [2.45, 2.75) is 68.7 Å². The fourth-order valence-electron chi connectivity index (χ4n) is 2.73. The average molecular weight is 229 g/mol. The van der Waals surface area contributed by atoms with Gasteiger partial charge in [-0.15, -0.1) is 0 Å². The zero-order valence-electron chi connectivity index (χ0n) is 11.9. The average Bonchev–Trinajstić information content (AvgIpc) is 1.99. The first-order valence-electron chi connectivity index (χ1n) is 6.33. The lowest BCUT2D eigenvalue weighted by molar-refractivity contribution is -0.0274. The molecule has 0 heterocycles. The van der Waals surface area contributed by atoms with Crippen LogP contribution >= 0.6 is 0 Å². The van der Waals surface area contributed by atoms with Gasteiger partial charge in [0.1, 0.15) is 13.2 Å². The SMILES string of the molecule is CC[OH+]CC[CH2][Al]([C](C)(C)C)[C](C)(C)C. The van der Waals surface area contributed by atoms with Gasteiger partial charge in [-0.3, -0.25) is 0 Å². The highest BCUT2D eigenvalue weighted by molar-refractivity contribution is 6.65. The Labute approximate surface area is 101 Å². The Hall–Kier alpha value is 0.492. The summed E-state index contributed by atoms with van der Waals surface area (Å²) in [5, 5.41) is 1.44. The van der Waals surface area contributed by atoms with Gasteiger partial charge in [-0.1, -0.05) is 55.4 Å². The van der Waals surface area contributed by atoms with Crippen molar-refractivity contribution in [3.05, 3.63) is 0 Å². The summed E-state index contributed by atoms with van der Waals surface area (Å²) in [5.41, 5.74) is 0. The van der Waals surface area contributed by atoms with Gasteiger partial charge in [0.2, 0.25) is 0 Å².